The van der Waals surface area contributed by atoms with Crippen molar-refractivity contribution in [2.45, 2.75) is 15.8 Å². The molecule has 32 heavy (non-hydrogen) atoms. The van der Waals surface area contributed by atoms with Crippen LogP contribution in [-0.2, 0) is 10.0 Å². The Bertz CT molecular complexity index is 1300. The molecule has 1 aliphatic heterocycles. The van der Waals surface area contributed by atoms with E-state index in [2.05, 4.69) is 25.9 Å². The number of imidazole rings is 1. The van der Waals surface area contributed by atoms with Crippen LogP contribution in [0, 0.1) is 0 Å². The van der Waals surface area contributed by atoms with E-state index in [0.29, 0.717) is 40.8 Å². The molecule has 1 fully saturated rings. The number of hydrazine groups is 1. The summed E-state index contributed by atoms with van der Waals surface area (Å²) in [4.78, 5) is 7.62. The van der Waals surface area contributed by atoms with Crippen LogP contribution in [0.4, 0.5) is 5.95 Å². The van der Waals surface area contributed by atoms with Crippen molar-refractivity contribution in [2.24, 2.45) is 21.8 Å². The van der Waals surface area contributed by atoms with Crippen molar-refractivity contribution >= 4 is 44.8 Å². The minimum atomic E-state index is -3.86. The standard InChI is InChI=1S/C18H24N10O2S2/c1-28(9-7-23-8-9)32(29,30)13-6-5-10(14(16(13)31-22)17(19)26-27-21)11-3-2-4-12-15(11)25-18(20)24-12/h2-6,9,23,27H,7-8,21-22H2,1H3,(H2,19,26)(H3,20,24,25). The molecule has 14 heteroatoms. The molecule has 0 amide bonds. The zero-order valence-electron chi connectivity index (χ0n) is 17.2. The summed E-state index contributed by atoms with van der Waals surface area (Å²) in [6.07, 6.45) is 0. The van der Waals surface area contributed by atoms with Gasteiger partial charge in [-0.05, 0) is 29.6 Å². The number of hydrogen-bond acceptors (Lipinski definition) is 10. The van der Waals surface area contributed by atoms with E-state index in [0.717, 1.165) is 11.9 Å². The fraction of sp³-hybridized carbons (Fsp3) is 0.222. The van der Waals surface area contributed by atoms with Gasteiger partial charge in [-0.15, -0.1) is 5.10 Å². The summed E-state index contributed by atoms with van der Waals surface area (Å²) in [6.45, 7) is 1.16. The Morgan fingerprint density at radius 3 is 2.66 bits per heavy atom. The maximum atomic E-state index is 13.4. The van der Waals surface area contributed by atoms with Gasteiger partial charge >= 0.3 is 0 Å². The molecule has 0 saturated carbocycles. The number of likely N-dealkylation sites (N-methyl/N-ethyl adjacent to an activating group) is 1. The fourth-order valence-electron chi connectivity index (χ4n) is 3.64. The number of aromatic nitrogens is 2. The molecule has 170 valence electrons. The number of rotatable bonds is 7. The van der Waals surface area contributed by atoms with E-state index in [1.807, 2.05) is 18.2 Å². The van der Waals surface area contributed by atoms with Crippen molar-refractivity contribution < 1.29 is 8.42 Å². The average Bonchev–Trinajstić information content (AvgIpc) is 3.11. The Balaban J connectivity index is 1.99. The van der Waals surface area contributed by atoms with Crippen LogP contribution in [0.1, 0.15) is 5.56 Å². The number of para-hydroxylation sites is 1. The topological polar surface area (TPSA) is 207 Å². The lowest BCUT2D eigenvalue weighted by atomic mass is 9.97. The van der Waals surface area contributed by atoms with E-state index in [-0.39, 0.29) is 27.6 Å². The van der Waals surface area contributed by atoms with Gasteiger partial charge in [0.25, 0.3) is 0 Å². The number of fused-ring (bicyclic) bond motifs is 1. The summed E-state index contributed by atoms with van der Waals surface area (Å²) >= 11 is 0.773. The summed E-state index contributed by atoms with van der Waals surface area (Å²) in [5, 5.41) is 12.9. The molecule has 4 rings (SSSR count). The quantitative estimate of drug-likeness (QED) is 0.0761. The van der Waals surface area contributed by atoms with Crippen LogP contribution in [0.3, 0.4) is 0 Å². The molecule has 0 spiro atoms. The SMILES string of the molecule is CN(C1CNC1)S(=O)(=O)c1ccc(-c2cccc3[nH]c(N)nc23)c(/C(N)=N/NN)c1SN. The Morgan fingerprint density at radius 2 is 2.03 bits per heavy atom. The first-order chi connectivity index (χ1) is 15.3. The molecule has 12 nitrogen and oxygen atoms in total. The van der Waals surface area contributed by atoms with E-state index in [9.17, 15) is 8.42 Å². The lowest BCUT2D eigenvalue weighted by Gasteiger charge is -2.35. The molecule has 0 radical (unpaired) electrons. The Morgan fingerprint density at radius 1 is 1.28 bits per heavy atom. The first kappa shape index (κ1) is 22.3. The molecule has 0 aliphatic carbocycles. The van der Waals surface area contributed by atoms with E-state index in [1.165, 1.54) is 10.4 Å². The molecule has 0 atom stereocenters. The van der Waals surface area contributed by atoms with Gasteiger partial charge in [0.15, 0.2) is 11.8 Å². The molecular weight excluding hydrogens is 452 g/mol. The molecule has 3 aromatic rings. The van der Waals surface area contributed by atoms with Crippen LogP contribution < -0.4 is 33.3 Å². The van der Waals surface area contributed by atoms with Gasteiger partial charge in [-0.1, -0.05) is 18.2 Å². The second-order valence-electron chi connectivity index (χ2n) is 7.22. The van der Waals surface area contributed by atoms with Crippen molar-refractivity contribution in [3.63, 3.8) is 0 Å². The van der Waals surface area contributed by atoms with Crippen LogP contribution in [-0.4, -0.2) is 54.7 Å². The molecule has 0 bridgehead atoms. The smallest absolute Gasteiger partial charge is 0.244 e. The van der Waals surface area contributed by atoms with Crippen LogP contribution in [0.2, 0.25) is 0 Å². The monoisotopic (exact) mass is 476 g/mol. The molecule has 2 heterocycles. The van der Waals surface area contributed by atoms with E-state index < -0.39 is 10.0 Å². The Hall–Kier alpha value is -2.88. The van der Waals surface area contributed by atoms with Crippen molar-refractivity contribution in [3.05, 3.63) is 35.9 Å². The third kappa shape index (κ3) is 3.66. The van der Waals surface area contributed by atoms with Gasteiger partial charge in [0.05, 0.1) is 20.8 Å². The Labute approximate surface area is 188 Å². The number of aromatic amines is 1. The van der Waals surface area contributed by atoms with Crippen molar-refractivity contribution in [2.75, 3.05) is 25.9 Å². The summed E-state index contributed by atoms with van der Waals surface area (Å²) in [5.41, 5.74) is 17.1. The minimum Gasteiger partial charge on any atom is -0.382 e. The summed E-state index contributed by atoms with van der Waals surface area (Å²) in [6, 6.07) is 8.52. The highest BCUT2D eigenvalue weighted by molar-refractivity contribution is 7.98. The average molecular weight is 477 g/mol. The maximum Gasteiger partial charge on any atom is 0.244 e. The summed E-state index contributed by atoms with van der Waals surface area (Å²) in [7, 11) is -2.31. The highest BCUT2D eigenvalue weighted by atomic mass is 32.2. The van der Waals surface area contributed by atoms with Gasteiger partial charge in [-0.25, -0.2) is 24.8 Å². The van der Waals surface area contributed by atoms with Crippen LogP contribution in [0.15, 0.2) is 45.2 Å². The number of anilines is 1. The molecule has 2 aromatic carbocycles. The zero-order chi connectivity index (χ0) is 23.0. The highest BCUT2D eigenvalue weighted by Gasteiger charge is 2.35. The number of hydrazone groups is 1. The molecule has 0 unspecified atom stereocenters. The lowest BCUT2D eigenvalue weighted by molar-refractivity contribution is 0.274. The maximum absolute atomic E-state index is 13.4. The van der Waals surface area contributed by atoms with E-state index >= 15 is 0 Å². The number of nitrogen functional groups attached to an aromatic ring is 1. The van der Waals surface area contributed by atoms with Crippen LogP contribution in [0.5, 0.6) is 0 Å². The van der Waals surface area contributed by atoms with Gasteiger partial charge in [0.2, 0.25) is 10.0 Å². The number of nitrogens with two attached hydrogens (primary N) is 4. The minimum absolute atomic E-state index is 0.0269. The van der Waals surface area contributed by atoms with Crippen molar-refractivity contribution in [3.8, 4) is 11.1 Å². The Kier molecular flexibility index (Phi) is 5.98. The first-order valence-electron chi connectivity index (χ1n) is 9.55. The normalized spacial score (nSPS) is 15.3. The van der Waals surface area contributed by atoms with Crippen molar-refractivity contribution in [1.82, 2.24) is 25.1 Å². The number of nitrogens with one attached hydrogen (secondary N) is 3. The number of H-pyrrole nitrogens is 1. The molecular formula is C18H24N10O2S2. The van der Waals surface area contributed by atoms with E-state index in [1.54, 1.807) is 13.1 Å². The number of benzene rings is 2. The van der Waals surface area contributed by atoms with Crippen LogP contribution >= 0.6 is 11.9 Å². The lowest BCUT2D eigenvalue weighted by Crippen LogP contribution is -2.57. The van der Waals surface area contributed by atoms with E-state index in [4.69, 9.17) is 22.4 Å². The highest BCUT2D eigenvalue weighted by Crippen LogP contribution is 2.38. The van der Waals surface area contributed by atoms with Gasteiger partial charge in [-0.3, -0.25) is 5.14 Å². The van der Waals surface area contributed by atoms with Gasteiger partial charge in [0, 0.05) is 37.3 Å². The fourth-order valence-corrected chi connectivity index (χ4v) is 6.04. The first-order valence-corrected chi connectivity index (χ1v) is 11.9. The largest absolute Gasteiger partial charge is 0.382 e. The van der Waals surface area contributed by atoms with Gasteiger partial charge < -0.3 is 21.8 Å². The summed E-state index contributed by atoms with van der Waals surface area (Å²) < 4.78 is 28.2. The third-order valence-corrected chi connectivity index (χ3v) is 8.17. The second kappa shape index (κ2) is 8.57. The number of amidine groups is 1. The van der Waals surface area contributed by atoms with Gasteiger partial charge in [0.1, 0.15) is 0 Å². The molecule has 1 aliphatic rings. The summed E-state index contributed by atoms with van der Waals surface area (Å²) in [5.74, 6) is 5.58. The molecule has 1 saturated heterocycles. The number of sulfonamides is 1. The number of nitrogens with zero attached hydrogens (tertiary/aromatic N) is 3. The third-order valence-electron chi connectivity index (χ3n) is 5.43. The van der Waals surface area contributed by atoms with Crippen LogP contribution in [0.25, 0.3) is 22.2 Å². The number of hydrogen-bond donors (Lipinski definition) is 7. The molecule has 1 aromatic heterocycles. The predicted molar refractivity (Wildman–Crippen MR) is 126 cm³/mol. The van der Waals surface area contributed by atoms with Gasteiger partial charge in [-0.2, -0.15) is 4.31 Å². The predicted octanol–water partition coefficient (Wildman–Crippen LogP) is -0.546. The molecule has 11 N–H and O–H groups in total. The van der Waals surface area contributed by atoms with Crippen molar-refractivity contribution in [1.29, 1.82) is 0 Å². The second-order valence-corrected chi connectivity index (χ2v) is 9.83. The zero-order valence-corrected chi connectivity index (χ0v) is 18.8.